The van der Waals surface area contributed by atoms with Crippen molar-refractivity contribution in [1.82, 2.24) is 15.6 Å². The molecule has 0 spiro atoms. The van der Waals surface area contributed by atoms with Crippen molar-refractivity contribution in [3.63, 3.8) is 0 Å². The lowest BCUT2D eigenvalue weighted by molar-refractivity contribution is 0.181. The average Bonchev–Trinajstić information content (AvgIpc) is 2.69. The lowest BCUT2D eigenvalue weighted by Gasteiger charge is -2.20. The second kappa shape index (κ2) is 10.1. The first kappa shape index (κ1) is 21.7. The zero-order valence-electron chi connectivity index (χ0n) is 17.5. The smallest absolute Gasteiger partial charge is 0.213 e. The summed E-state index contributed by atoms with van der Waals surface area (Å²) in [4.78, 5) is 8.90. The van der Waals surface area contributed by atoms with Gasteiger partial charge in [0.25, 0.3) is 0 Å². The highest BCUT2D eigenvalue weighted by Crippen LogP contribution is 2.23. The number of hydrogen-bond donors (Lipinski definition) is 3. The van der Waals surface area contributed by atoms with Crippen LogP contribution in [0.25, 0.3) is 0 Å². The van der Waals surface area contributed by atoms with Crippen LogP contribution >= 0.6 is 0 Å². The number of methoxy groups -OCH3 is 1. The third kappa shape index (κ3) is 6.53. The van der Waals surface area contributed by atoms with Gasteiger partial charge in [0.2, 0.25) is 5.88 Å². The van der Waals surface area contributed by atoms with Gasteiger partial charge in [0, 0.05) is 19.2 Å². The average molecular weight is 385 g/mol. The fourth-order valence-corrected chi connectivity index (χ4v) is 2.68. The molecular weight excluding hydrogens is 352 g/mol. The van der Waals surface area contributed by atoms with Gasteiger partial charge in [-0.05, 0) is 29.5 Å². The Morgan fingerprint density at radius 3 is 2.46 bits per heavy atom. The minimum Gasteiger partial charge on any atom is -0.481 e. The molecule has 1 unspecified atom stereocenters. The Morgan fingerprint density at radius 2 is 1.86 bits per heavy atom. The van der Waals surface area contributed by atoms with Crippen molar-refractivity contribution < 1.29 is 9.84 Å². The van der Waals surface area contributed by atoms with Crippen LogP contribution in [-0.2, 0) is 12.0 Å². The van der Waals surface area contributed by atoms with Gasteiger partial charge in [0.15, 0.2) is 5.96 Å². The number of hydrogen-bond acceptors (Lipinski definition) is 4. The normalized spacial score (nSPS) is 13.1. The lowest BCUT2D eigenvalue weighted by Crippen LogP contribution is -2.39. The number of rotatable bonds is 7. The lowest BCUT2D eigenvalue weighted by atomic mass is 9.86. The fraction of sp³-hybridized carbons (Fsp3) is 0.455. The highest BCUT2D eigenvalue weighted by molar-refractivity contribution is 5.79. The van der Waals surface area contributed by atoms with Gasteiger partial charge in [-0.15, -0.1) is 0 Å². The van der Waals surface area contributed by atoms with E-state index in [1.54, 1.807) is 13.2 Å². The zero-order chi connectivity index (χ0) is 20.6. The van der Waals surface area contributed by atoms with Crippen molar-refractivity contribution >= 4 is 5.96 Å². The summed E-state index contributed by atoms with van der Waals surface area (Å²) in [5.41, 5.74) is 3.04. The van der Waals surface area contributed by atoms with Crippen LogP contribution in [0.3, 0.4) is 0 Å². The number of benzene rings is 1. The second-order valence-electron chi connectivity index (χ2n) is 7.64. The Kier molecular flexibility index (Phi) is 7.81. The summed E-state index contributed by atoms with van der Waals surface area (Å²) >= 11 is 0. The van der Waals surface area contributed by atoms with E-state index in [1.807, 2.05) is 31.2 Å². The van der Waals surface area contributed by atoms with E-state index < -0.39 is 6.10 Å². The molecule has 2 aromatic rings. The zero-order valence-corrected chi connectivity index (χ0v) is 17.5. The molecule has 28 heavy (non-hydrogen) atoms. The van der Waals surface area contributed by atoms with Crippen molar-refractivity contribution in [2.45, 2.75) is 45.8 Å². The minimum atomic E-state index is -0.618. The Balaban J connectivity index is 1.97. The van der Waals surface area contributed by atoms with Crippen LogP contribution in [0.15, 0.2) is 47.5 Å². The van der Waals surface area contributed by atoms with Crippen LogP contribution in [0.1, 0.15) is 50.6 Å². The van der Waals surface area contributed by atoms with E-state index >= 15 is 0 Å². The SMILES string of the molecule is CCNC(=NCc1cccc(OC)n1)NCC(O)c1ccc(C(C)(C)C)cc1. The predicted molar refractivity (Wildman–Crippen MR) is 114 cm³/mol. The first-order valence-electron chi connectivity index (χ1n) is 9.64. The molecule has 1 aromatic carbocycles. The van der Waals surface area contributed by atoms with Crippen LogP contribution in [0, 0.1) is 0 Å². The third-order valence-corrected chi connectivity index (χ3v) is 4.36. The first-order chi connectivity index (χ1) is 13.3. The van der Waals surface area contributed by atoms with Gasteiger partial charge >= 0.3 is 0 Å². The van der Waals surface area contributed by atoms with Gasteiger partial charge in [-0.1, -0.05) is 51.1 Å². The molecule has 152 valence electrons. The Morgan fingerprint density at radius 1 is 1.14 bits per heavy atom. The molecule has 0 saturated heterocycles. The van der Waals surface area contributed by atoms with Crippen LogP contribution < -0.4 is 15.4 Å². The molecule has 1 aromatic heterocycles. The number of aromatic nitrogens is 1. The Labute approximate surface area is 168 Å². The van der Waals surface area contributed by atoms with E-state index in [0.717, 1.165) is 17.8 Å². The molecule has 0 amide bonds. The summed E-state index contributed by atoms with van der Waals surface area (Å²) in [5.74, 6) is 1.21. The minimum absolute atomic E-state index is 0.0980. The summed E-state index contributed by atoms with van der Waals surface area (Å²) in [6.45, 7) is 10.1. The van der Waals surface area contributed by atoms with Gasteiger partial charge in [-0.3, -0.25) is 0 Å². The summed E-state index contributed by atoms with van der Waals surface area (Å²) < 4.78 is 5.14. The van der Waals surface area contributed by atoms with Gasteiger partial charge in [-0.2, -0.15) is 0 Å². The highest BCUT2D eigenvalue weighted by Gasteiger charge is 2.15. The standard InChI is InChI=1S/C22H32N4O2/c1-6-23-21(24-14-18-8-7-9-20(26-18)28-5)25-15-19(27)16-10-12-17(13-11-16)22(2,3)4/h7-13,19,27H,6,14-15H2,1-5H3,(H2,23,24,25). The molecule has 0 fully saturated rings. The number of ether oxygens (including phenoxy) is 1. The molecule has 0 bridgehead atoms. The van der Waals surface area contributed by atoms with Gasteiger partial charge < -0.3 is 20.5 Å². The number of aliphatic imine (C=N–C) groups is 1. The first-order valence-corrected chi connectivity index (χ1v) is 9.64. The molecule has 1 heterocycles. The molecule has 2 rings (SSSR count). The van der Waals surface area contributed by atoms with E-state index in [0.29, 0.717) is 24.9 Å². The molecule has 0 saturated carbocycles. The van der Waals surface area contributed by atoms with Crippen LogP contribution in [-0.4, -0.2) is 36.2 Å². The van der Waals surface area contributed by atoms with Crippen LogP contribution in [0.2, 0.25) is 0 Å². The number of nitrogens with zero attached hydrogens (tertiary/aromatic N) is 2. The van der Waals surface area contributed by atoms with Crippen molar-refractivity contribution in [2.75, 3.05) is 20.2 Å². The Hall–Kier alpha value is -2.60. The Bertz CT molecular complexity index is 767. The molecule has 3 N–H and O–H groups in total. The van der Waals surface area contributed by atoms with Crippen molar-refractivity contribution in [2.24, 2.45) is 4.99 Å². The van der Waals surface area contributed by atoms with Crippen molar-refractivity contribution in [3.8, 4) is 5.88 Å². The highest BCUT2D eigenvalue weighted by atomic mass is 16.5. The second-order valence-corrected chi connectivity index (χ2v) is 7.64. The summed E-state index contributed by atoms with van der Waals surface area (Å²) in [6, 6.07) is 13.7. The molecule has 0 aliphatic rings. The maximum Gasteiger partial charge on any atom is 0.213 e. The maximum absolute atomic E-state index is 10.5. The maximum atomic E-state index is 10.5. The van der Waals surface area contributed by atoms with Gasteiger partial charge in [0.05, 0.1) is 25.5 Å². The summed E-state index contributed by atoms with van der Waals surface area (Å²) in [6.07, 6.45) is -0.618. The number of aliphatic hydroxyl groups is 1. The third-order valence-electron chi connectivity index (χ3n) is 4.36. The molecule has 6 nitrogen and oxygen atoms in total. The van der Waals surface area contributed by atoms with E-state index in [-0.39, 0.29) is 5.41 Å². The van der Waals surface area contributed by atoms with E-state index in [2.05, 4.69) is 53.5 Å². The van der Waals surface area contributed by atoms with Gasteiger partial charge in [-0.25, -0.2) is 9.98 Å². The number of nitrogens with one attached hydrogen (secondary N) is 2. The number of guanidine groups is 1. The van der Waals surface area contributed by atoms with Crippen molar-refractivity contribution in [3.05, 3.63) is 59.3 Å². The van der Waals surface area contributed by atoms with Crippen LogP contribution in [0.5, 0.6) is 5.88 Å². The van der Waals surface area contributed by atoms with E-state index in [1.165, 1.54) is 5.56 Å². The molecule has 1 atom stereocenters. The van der Waals surface area contributed by atoms with Crippen LogP contribution in [0.4, 0.5) is 0 Å². The quantitative estimate of drug-likeness (QED) is 0.505. The fourth-order valence-electron chi connectivity index (χ4n) is 2.68. The van der Waals surface area contributed by atoms with E-state index in [9.17, 15) is 5.11 Å². The van der Waals surface area contributed by atoms with E-state index in [4.69, 9.17) is 4.74 Å². The number of pyridine rings is 1. The summed E-state index contributed by atoms with van der Waals surface area (Å²) in [7, 11) is 1.59. The summed E-state index contributed by atoms with van der Waals surface area (Å²) in [5, 5.41) is 16.9. The predicted octanol–water partition coefficient (Wildman–Crippen LogP) is 3.18. The number of aliphatic hydroxyl groups excluding tert-OH is 1. The van der Waals surface area contributed by atoms with Gasteiger partial charge in [0.1, 0.15) is 0 Å². The molecule has 0 radical (unpaired) electrons. The topological polar surface area (TPSA) is 78.8 Å². The molecule has 0 aliphatic heterocycles. The molecule has 6 heteroatoms. The molecular formula is C22H32N4O2. The van der Waals surface area contributed by atoms with Crippen molar-refractivity contribution in [1.29, 1.82) is 0 Å². The molecule has 0 aliphatic carbocycles. The largest absolute Gasteiger partial charge is 0.481 e. The monoisotopic (exact) mass is 384 g/mol.